The SMILES string of the molecule is CC1CN(C(=O)[C@H]2CCCO2)CC(C)N1.Cl. The van der Waals surface area contributed by atoms with Crippen molar-refractivity contribution in [3.63, 3.8) is 0 Å². The number of nitrogens with zero attached hydrogens (tertiary/aromatic N) is 1. The second-order valence-corrected chi connectivity index (χ2v) is 4.71. The van der Waals surface area contributed by atoms with Crippen molar-refractivity contribution in [3.8, 4) is 0 Å². The summed E-state index contributed by atoms with van der Waals surface area (Å²) in [6.07, 6.45) is 1.75. The minimum atomic E-state index is -0.164. The van der Waals surface area contributed by atoms with Crippen LogP contribution in [0.3, 0.4) is 0 Å². The number of nitrogens with one attached hydrogen (secondary N) is 1. The van der Waals surface area contributed by atoms with Crippen molar-refractivity contribution >= 4 is 18.3 Å². The third-order valence-electron chi connectivity index (χ3n) is 3.07. The molecule has 16 heavy (non-hydrogen) atoms. The highest BCUT2D eigenvalue weighted by atomic mass is 35.5. The molecule has 0 aromatic rings. The molecule has 1 N–H and O–H groups in total. The van der Waals surface area contributed by atoms with Crippen LogP contribution in [0.15, 0.2) is 0 Å². The Morgan fingerprint density at radius 2 is 1.94 bits per heavy atom. The van der Waals surface area contributed by atoms with Gasteiger partial charge in [-0.25, -0.2) is 0 Å². The van der Waals surface area contributed by atoms with Gasteiger partial charge in [-0.2, -0.15) is 0 Å². The van der Waals surface area contributed by atoms with Gasteiger partial charge in [-0.1, -0.05) is 0 Å². The molecule has 0 spiro atoms. The number of ether oxygens (including phenoxy) is 1. The molecule has 5 heteroatoms. The van der Waals surface area contributed by atoms with Crippen molar-refractivity contribution in [1.29, 1.82) is 0 Å². The van der Waals surface area contributed by atoms with Crippen molar-refractivity contribution < 1.29 is 9.53 Å². The third kappa shape index (κ3) is 3.09. The smallest absolute Gasteiger partial charge is 0.251 e. The summed E-state index contributed by atoms with van der Waals surface area (Å²) in [4.78, 5) is 14.0. The third-order valence-corrected chi connectivity index (χ3v) is 3.07. The topological polar surface area (TPSA) is 41.6 Å². The molecular weight excluding hydrogens is 228 g/mol. The maximum atomic E-state index is 12.1. The van der Waals surface area contributed by atoms with Crippen molar-refractivity contribution in [2.75, 3.05) is 19.7 Å². The van der Waals surface area contributed by atoms with E-state index in [4.69, 9.17) is 4.74 Å². The zero-order valence-electron chi connectivity index (χ0n) is 9.94. The fourth-order valence-corrected chi connectivity index (χ4v) is 2.48. The summed E-state index contributed by atoms with van der Waals surface area (Å²) in [5.74, 6) is 0.188. The van der Waals surface area contributed by atoms with E-state index in [9.17, 15) is 4.79 Å². The maximum absolute atomic E-state index is 12.1. The van der Waals surface area contributed by atoms with E-state index in [1.54, 1.807) is 0 Å². The molecule has 0 aromatic heterocycles. The highest BCUT2D eigenvalue weighted by Crippen LogP contribution is 2.16. The van der Waals surface area contributed by atoms with Gasteiger partial charge in [-0.05, 0) is 26.7 Å². The van der Waals surface area contributed by atoms with Gasteiger partial charge in [0.05, 0.1) is 0 Å². The van der Waals surface area contributed by atoms with Crippen LogP contribution in [0.25, 0.3) is 0 Å². The Bertz CT molecular complexity index is 234. The molecule has 2 fully saturated rings. The molecule has 2 unspecified atom stereocenters. The van der Waals surface area contributed by atoms with E-state index < -0.39 is 0 Å². The van der Waals surface area contributed by atoms with Gasteiger partial charge in [0.1, 0.15) is 6.10 Å². The van der Waals surface area contributed by atoms with E-state index in [-0.39, 0.29) is 24.4 Å². The van der Waals surface area contributed by atoms with Gasteiger partial charge in [-0.3, -0.25) is 4.79 Å². The lowest BCUT2D eigenvalue weighted by Gasteiger charge is -2.37. The van der Waals surface area contributed by atoms with Crippen LogP contribution in [0.2, 0.25) is 0 Å². The van der Waals surface area contributed by atoms with Crippen LogP contribution in [-0.4, -0.2) is 48.7 Å². The largest absolute Gasteiger partial charge is 0.368 e. The monoisotopic (exact) mass is 248 g/mol. The first-order chi connectivity index (χ1) is 7.16. The normalized spacial score (nSPS) is 34.6. The summed E-state index contributed by atoms with van der Waals surface area (Å²) in [5.41, 5.74) is 0. The predicted molar refractivity (Wildman–Crippen MR) is 64.9 cm³/mol. The molecule has 0 radical (unpaired) electrons. The molecule has 3 atom stereocenters. The van der Waals surface area contributed by atoms with E-state index in [0.717, 1.165) is 32.5 Å². The number of carbonyl (C=O) groups is 1. The van der Waals surface area contributed by atoms with Crippen LogP contribution in [0.5, 0.6) is 0 Å². The van der Waals surface area contributed by atoms with E-state index >= 15 is 0 Å². The Kier molecular flexibility index (Phi) is 5.02. The molecule has 0 saturated carbocycles. The summed E-state index contributed by atoms with van der Waals surface area (Å²) in [5, 5.41) is 3.42. The molecule has 0 aromatic carbocycles. The highest BCUT2D eigenvalue weighted by Gasteiger charge is 2.31. The Balaban J connectivity index is 0.00000128. The van der Waals surface area contributed by atoms with Crippen molar-refractivity contribution in [2.24, 2.45) is 0 Å². The van der Waals surface area contributed by atoms with Gasteiger partial charge in [0, 0.05) is 31.8 Å². The first kappa shape index (κ1) is 13.7. The lowest BCUT2D eigenvalue weighted by atomic mass is 10.1. The molecule has 4 nitrogen and oxygen atoms in total. The quantitative estimate of drug-likeness (QED) is 0.746. The van der Waals surface area contributed by atoms with Gasteiger partial charge in [-0.15, -0.1) is 12.4 Å². The summed E-state index contributed by atoms with van der Waals surface area (Å²) < 4.78 is 5.43. The number of amides is 1. The summed E-state index contributed by atoms with van der Waals surface area (Å²) in [6.45, 7) is 6.59. The van der Waals surface area contributed by atoms with Crippen molar-refractivity contribution in [3.05, 3.63) is 0 Å². The molecule has 94 valence electrons. The van der Waals surface area contributed by atoms with Gasteiger partial charge >= 0.3 is 0 Å². The fraction of sp³-hybridized carbons (Fsp3) is 0.909. The van der Waals surface area contributed by atoms with Gasteiger partial charge in [0.25, 0.3) is 5.91 Å². The number of halogens is 1. The lowest BCUT2D eigenvalue weighted by Crippen LogP contribution is -2.57. The van der Waals surface area contributed by atoms with Gasteiger partial charge in [0.15, 0.2) is 0 Å². The van der Waals surface area contributed by atoms with Crippen LogP contribution < -0.4 is 5.32 Å². The Morgan fingerprint density at radius 3 is 2.44 bits per heavy atom. The molecule has 2 aliphatic rings. The Morgan fingerprint density at radius 1 is 1.31 bits per heavy atom. The second kappa shape index (κ2) is 5.84. The van der Waals surface area contributed by atoms with Crippen LogP contribution in [-0.2, 0) is 9.53 Å². The zero-order chi connectivity index (χ0) is 10.8. The average molecular weight is 249 g/mol. The molecule has 2 aliphatic heterocycles. The van der Waals surface area contributed by atoms with E-state index in [1.807, 2.05) is 4.90 Å². The van der Waals surface area contributed by atoms with E-state index in [0.29, 0.717) is 12.1 Å². The highest BCUT2D eigenvalue weighted by molar-refractivity contribution is 5.85. The zero-order valence-corrected chi connectivity index (χ0v) is 10.8. The molecule has 0 bridgehead atoms. The number of hydrogen-bond acceptors (Lipinski definition) is 3. The summed E-state index contributed by atoms with van der Waals surface area (Å²) in [6, 6.07) is 0.776. The summed E-state index contributed by atoms with van der Waals surface area (Å²) >= 11 is 0. The lowest BCUT2D eigenvalue weighted by molar-refractivity contribution is -0.142. The average Bonchev–Trinajstić information content (AvgIpc) is 2.67. The molecular formula is C11H21ClN2O2. The molecule has 2 rings (SSSR count). The van der Waals surface area contributed by atoms with Gasteiger partial charge in [0.2, 0.25) is 0 Å². The predicted octanol–water partition coefficient (Wildman–Crippen LogP) is 0.796. The van der Waals surface area contributed by atoms with Crippen LogP contribution in [0.4, 0.5) is 0 Å². The minimum Gasteiger partial charge on any atom is -0.368 e. The van der Waals surface area contributed by atoms with Crippen molar-refractivity contribution in [1.82, 2.24) is 10.2 Å². The first-order valence-corrected chi connectivity index (χ1v) is 5.83. The van der Waals surface area contributed by atoms with Crippen molar-refractivity contribution in [2.45, 2.75) is 44.9 Å². The fourth-order valence-electron chi connectivity index (χ4n) is 2.48. The molecule has 2 saturated heterocycles. The maximum Gasteiger partial charge on any atom is 0.251 e. The molecule has 2 heterocycles. The van der Waals surface area contributed by atoms with E-state index in [1.165, 1.54) is 0 Å². The number of hydrogen-bond donors (Lipinski definition) is 1. The Hall–Kier alpha value is -0.320. The van der Waals surface area contributed by atoms with Crippen LogP contribution in [0, 0.1) is 0 Å². The first-order valence-electron chi connectivity index (χ1n) is 5.83. The molecule has 1 amide bonds. The second-order valence-electron chi connectivity index (χ2n) is 4.71. The number of rotatable bonds is 1. The van der Waals surface area contributed by atoms with Crippen LogP contribution in [0.1, 0.15) is 26.7 Å². The van der Waals surface area contributed by atoms with Crippen LogP contribution >= 0.6 is 12.4 Å². The summed E-state index contributed by atoms with van der Waals surface area (Å²) in [7, 11) is 0. The van der Waals surface area contributed by atoms with Gasteiger partial charge < -0.3 is 15.0 Å². The minimum absolute atomic E-state index is 0. The van der Waals surface area contributed by atoms with E-state index in [2.05, 4.69) is 19.2 Å². The Labute approximate surface area is 103 Å². The number of piperazine rings is 1. The molecule has 0 aliphatic carbocycles. The number of carbonyl (C=O) groups excluding carboxylic acids is 1. The standard InChI is InChI=1S/C11H20N2O2.ClH/c1-8-6-13(7-9(2)12-8)11(14)10-4-3-5-15-10;/h8-10,12H,3-7H2,1-2H3;1H/t8?,9?,10-;/m1./s1.